The third-order valence-electron chi connectivity index (χ3n) is 3.43. The maximum absolute atomic E-state index is 12.1. The van der Waals surface area contributed by atoms with Crippen LogP contribution in [0.3, 0.4) is 0 Å². The number of aliphatic carboxylic acids is 1. The van der Waals surface area contributed by atoms with Gasteiger partial charge in [-0.05, 0) is 40.3 Å². The van der Waals surface area contributed by atoms with Crippen LogP contribution >= 0.6 is 0 Å². The monoisotopic (exact) mass is 242 g/mol. The zero-order valence-corrected chi connectivity index (χ0v) is 10.9. The zero-order chi connectivity index (χ0) is 13.1. The maximum Gasteiger partial charge on any atom is 0.329 e. The number of amides is 1. The molecule has 0 aromatic heterocycles. The van der Waals surface area contributed by atoms with E-state index in [1.165, 1.54) is 0 Å². The van der Waals surface area contributed by atoms with Gasteiger partial charge < -0.3 is 14.9 Å². The van der Waals surface area contributed by atoms with Gasteiger partial charge in [-0.3, -0.25) is 4.79 Å². The quantitative estimate of drug-likeness (QED) is 0.792. The highest BCUT2D eigenvalue weighted by molar-refractivity contribution is 5.87. The second-order valence-electron chi connectivity index (χ2n) is 5.13. The standard InChI is InChI=1S/C12H22N2O3/c1-12(11(16)17)7-4-5-8-14(12)10(15)6-9-13(2)3/h4-9H2,1-3H3,(H,16,17). The molecule has 5 heteroatoms. The summed E-state index contributed by atoms with van der Waals surface area (Å²) in [7, 11) is 3.81. The molecule has 1 N–H and O–H groups in total. The van der Waals surface area contributed by atoms with Crippen LogP contribution in [0.4, 0.5) is 0 Å². The van der Waals surface area contributed by atoms with Crippen LogP contribution in [0.25, 0.3) is 0 Å². The summed E-state index contributed by atoms with van der Waals surface area (Å²) in [6.45, 7) is 2.88. The minimum atomic E-state index is -1.01. The third-order valence-corrected chi connectivity index (χ3v) is 3.43. The Balaban J connectivity index is 2.71. The van der Waals surface area contributed by atoms with Crippen LogP contribution in [0, 0.1) is 0 Å². The van der Waals surface area contributed by atoms with E-state index in [1.807, 2.05) is 19.0 Å². The van der Waals surface area contributed by atoms with Gasteiger partial charge >= 0.3 is 5.97 Å². The lowest BCUT2D eigenvalue weighted by molar-refractivity contribution is -0.161. The van der Waals surface area contributed by atoms with Crippen LogP contribution < -0.4 is 0 Å². The van der Waals surface area contributed by atoms with Crippen molar-refractivity contribution in [1.82, 2.24) is 9.80 Å². The molecule has 1 rings (SSSR count). The van der Waals surface area contributed by atoms with E-state index in [2.05, 4.69) is 0 Å². The molecular formula is C12H22N2O3. The van der Waals surface area contributed by atoms with Crippen LogP contribution in [0.5, 0.6) is 0 Å². The number of carboxylic acid groups (broad SMARTS) is 1. The molecule has 1 aliphatic rings. The smallest absolute Gasteiger partial charge is 0.329 e. The van der Waals surface area contributed by atoms with Gasteiger partial charge in [0.2, 0.25) is 5.91 Å². The molecule has 17 heavy (non-hydrogen) atoms. The van der Waals surface area contributed by atoms with Crippen molar-refractivity contribution >= 4 is 11.9 Å². The highest BCUT2D eigenvalue weighted by Gasteiger charge is 2.43. The highest BCUT2D eigenvalue weighted by atomic mass is 16.4. The van der Waals surface area contributed by atoms with Gasteiger partial charge in [-0.1, -0.05) is 0 Å². The molecule has 0 aromatic carbocycles. The SMILES string of the molecule is CN(C)CCC(=O)N1CCCCC1(C)C(=O)O. The molecule has 1 heterocycles. The minimum Gasteiger partial charge on any atom is -0.480 e. The van der Waals surface area contributed by atoms with Gasteiger partial charge in [0.15, 0.2) is 0 Å². The largest absolute Gasteiger partial charge is 0.480 e. The molecule has 1 atom stereocenters. The Bertz CT molecular complexity index is 304. The lowest BCUT2D eigenvalue weighted by Crippen LogP contribution is -2.57. The van der Waals surface area contributed by atoms with Crippen molar-refractivity contribution in [1.29, 1.82) is 0 Å². The summed E-state index contributed by atoms with van der Waals surface area (Å²) in [4.78, 5) is 26.9. The van der Waals surface area contributed by atoms with E-state index < -0.39 is 11.5 Å². The number of hydrogen-bond donors (Lipinski definition) is 1. The van der Waals surface area contributed by atoms with Crippen molar-refractivity contribution in [2.24, 2.45) is 0 Å². The zero-order valence-electron chi connectivity index (χ0n) is 10.9. The molecule has 1 amide bonds. The fourth-order valence-corrected chi connectivity index (χ4v) is 2.20. The lowest BCUT2D eigenvalue weighted by atomic mass is 9.88. The van der Waals surface area contributed by atoms with Crippen molar-refractivity contribution in [3.05, 3.63) is 0 Å². The second kappa shape index (κ2) is 5.49. The summed E-state index contributed by atoms with van der Waals surface area (Å²) in [5.74, 6) is -0.946. The molecule has 98 valence electrons. The van der Waals surface area contributed by atoms with Crippen molar-refractivity contribution in [2.45, 2.75) is 38.1 Å². The molecule has 1 saturated heterocycles. The highest BCUT2D eigenvalue weighted by Crippen LogP contribution is 2.28. The van der Waals surface area contributed by atoms with Crippen molar-refractivity contribution in [3.8, 4) is 0 Å². The van der Waals surface area contributed by atoms with E-state index in [9.17, 15) is 14.7 Å². The Hall–Kier alpha value is -1.10. The van der Waals surface area contributed by atoms with E-state index >= 15 is 0 Å². The Morgan fingerprint density at radius 2 is 2.00 bits per heavy atom. The van der Waals surface area contributed by atoms with Crippen LogP contribution in [0.1, 0.15) is 32.6 Å². The Kier molecular flexibility index (Phi) is 4.51. The summed E-state index contributed by atoms with van der Waals surface area (Å²) in [6.07, 6.45) is 2.71. The van der Waals surface area contributed by atoms with Crippen LogP contribution in [0.2, 0.25) is 0 Å². The van der Waals surface area contributed by atoms with Gasteiger partial charge in [0.05, 0.1) is 0 Å². The fraction of sp³-hybridized carbons (Fsp3) is 0.833. The summed E-state index contributed by atoms with van der Waals surface area (Å²) in [5.41, 5.74) is -1.01. The van der Waals surface area contributed by atoms with Crippen molar-refractivity contribution in [3.63, 3.8) is 0 Å². The van der Waals surface area contributed by atoms with Crippen molar-refractivity contribution < 1.29 is 14.7 Å². The molecule has 1 unspecified atom stereocenters. The Morgan fingerprint density at radius 3 is 2.53 bits per heavy atom. The Labute approximate surface area is 102 Å². The Morgan fingerprint density at radius 1 is 1.35 bits per heavy atom. The van der Waals surface area contributed by atoms with E-state index in [0.29, 0.717) is 25.9 Å². The molecule has 0 radical (unpaired) electrons. The first-order valence-electron chi connectivity index (χ1n) is 6.06. The summed E-state index contributed by atoms with van der Waals surface area (Å²) >= 11 is 0. The lowest BCUT2D eigenvalue weighted by Gasteiger charge is -2.41. The number of rotatable bonds is 4. The predicted molar refractivity (Wildman–Crippen MR) is 64.8 cm³/mol. The minimum absolute atomic E-state index is 0.0525. The fourth-order valence-electron chi connectivity index (χ4n) is 2.20. The molecule has 0 aromatic rings. The van der Waals surface area contributed by atoms with Crippen LogP contribution in [-0.2, 0) is 9.59 Å². The number of piperidine rings is 1. The molecular weight excluding hydrogens is 220 g/mol. The van der Waals surface area contributed by atoms with Crippen LogP contribution in [0.15, 0.2) is 0 Å². The second-order valence-corrected chi connectivity index (χ2v) is 5.13. The third kappa shape index (κ3) is 3.19. The van der Waals surface area contributed by atoms with Crippen molar-refractivity contribution in [2.75, 3.05) is 27.2 Å². The predicted octanol–water partition coefficient (Wildman–Crippen LogP) is 0.794. The van der Waals surface area contributed by atoms with Gasteiger partial charge in [0.1, 0.15) is 5.54 Å². The number of nitrogens with zero attached hydrogens (tertiary/aromatic N) is 2. The summed E-state index contributed by atoms with van der Waals surface area (Å²) in [5, 5.41) is 9.29. The van der Waals surface area contributed by atoms with Gasteiger partial charge in [-0.25, -0.2) is 4.79 Å². The number of carboxylic acids is 1. The summed E-state index contributed by atoms with van der Waals surface area (Å²) < 4.78 is 0. The summed E-state index contributed by atoms with van der Waals surface area (Å²) in [6, 6.07) is 0. The topological polar surface area (TPSA) is 60.9 Å². The molecule has 0 aliphatic carbocycles. The molecule has 0 saturated carbocycles. The number of carbonyl (C=O) groups is 2. The molecule has 1 aliphatic heterocycles. The van der Waals surface area contributed by atoms with Crippen LogP contribution in [-0.4, -0.2) is 59.5 Å². The average Bonchev–Trinajstić information content (AvgIpc) is 2.26. The van der Waals surface area contributed by atoms with Gasteiger partial charge in [0, 0.05) is 19.5 Å². The van der Waals surface area contributed by atoms with Gasteiger partial charge in [0.25, 0.3) is 0 Å². The number of carbonyl (C=O) groups excluding carboxylic acids is 1. The van der Waals surface area contributed by atoms with Gasteiger partial charge in [-0.15, -0.1) is 0 Å². The van der Waals surface area contributed by atoms with E-state index in [-0.39, 0.29) is 5.91 Å². The molecule has 5 nitrogen and oxygen atoms in total. The van der Waals surface area contributed by atoms with E-state index in [1.54, 1.807) is 11.8 Å². The van der Waals surface area contributed by atoms with Gasteiger partial charge in [-0.2, -0.15) is 0 Å². The normalized spacial score (nSPS) is 25.1. The molecule has 0 spiro atoms. The average molecular weight is 242 g/mol. The number of hydrogen-bond acceptors (Lipinski definition) is 3. The first kappa shape index (κ1) is 14.0. The molecule has 1 fully saturated rings. The first-order valence-corrected chi connectivity index (χ1v) is 6.06. The number of likely N-dealkylation sites (tertiary alicyclic amines) is 1. The molecule has 0 bridgehead atoms. The van der Waals surface area contributed by atoms with E-state index in [0.717, 1.165) is 12.8 Å². The maximum atomic E-state index is 12.1. The first-order chi connectivity index (χ1) is 7.88. The van der Waals surface area contributed by atoms with E-state index in [4.69, 9.17) is 0 Å².